The molecule has 14 nitrogen and oxygen atoms in total. The molecular weight excluding hydrogens is 374 g/mol. The molecule has 0 saturated carbocycles. The van der Waals surface area contributed by atoms with E-state index in [1.807, 2.05) is 0 Å². The van der Waals surface area contributed by atoms with Crippen molar-refractivity contribution in [3.8, 4) is 0 Å². The maximum absolute atomic E-state index is 11.3. The third kappa shape index (κ3) is 12.9. The number of rotatable bonds is 10. The van der Waals surface area contributed by atoms with E-state index in [1.165, 1.54) is 0 Å². The van der Waals surface area contributed by atoms with Crippen LogP contribution in [0.2, 0.25) is 0 Å². The molecule has 1 heterocycles. The highest BCUT2D eigenvalue weighted by atomic mass is 16.5. The Morgan fingerprint density at radius 2 is 1.89 bits per heavy atom. The van der Waals surface area contributed by atoms with Gasteiger partial charge in [-0.15, -0.1) is 0 Å². The van der Waals surface area contributed by atoms with Gasteiger partial charge in [0.15, 0.2) is 11.8 Å². The van der Waals surface area contributed by atoms with Gasteiger partial charge in [-0.05, 0) is 12.8 Å². The second-order valence-corrected chi connectivity index (χ2v) is 5.35. The first-order valence-corrected chi connectivity index (χ1v) is 8.30. The first-order valence-electron chi connectivity index (χ1n) is 8.30. The lowest BCUT2D eigenvalue weighted by atomic mass is 10.1. The zero-order chi connectivity index (χ0) is 21.5. The lowest BCUT2D eigenvalue weighted by Crippen LogP contribution is -2.38. The van der Waals surface area contributed by atoms with Gasteiger partial charge in [0.05, 0.1) is 12.6 Å². The molecule has 1 aromatic rings. The molecule has 0 aliphatic rings. The van der Waals surface area contributed by atoms with E-state index in [0.29, 0.717) is 31.6 Å². The number of aliphatic carboxylic acids is 1. The van der Waals surface area contributed by atoms with Crippen molar-refractivity contribution in [1.29, 1.82) is 0 Å². The summed E-state index contributed by atoms with van der Waals surface area (Å²) in [6.45, 7) is 1.65. The molecule has 11 N–H and O–H groups in total. The molecule has 1 aromatic heterocycles. The number of carboxylic acids is 1. The van der Waals surface area contributed by atoms with E-state index in [2.05, 4.69) is 31.5 Å². The van der Waals surface area contributed by atoms with Crippen LogP contribution in [-0.4, -0.2) is 52.2 Å². The highest BCUT2D eigenvalue weighted by molar-refractivity contribution is 5.79. The predicted octanol–water partition coefficient (Wildman–Crippen LogP) is -2.11. The lowest BCUT2D eigenvalue weighted by molar-refractivity contribution is -0.135. The van der Waals surface area contributed by atoms with Gasteiger partial charge in [0, 0.05) is 13.0 Å². The Kier molecular flexibility index (Phi) is 12.1. The summed E-state index contributed by atoms with van der Waals surface area (Å²) in [7, 11) is 0. The molecule has 0 spiro atoms. The van der Waals surface area contributed by atoms with Gasteiger partial charge in [0.2, 0.25) is 11.8 Å². The molecule has 28 heavy (non-hydrogen) atoms. The van der Waals surface area contributed by atoms with Gasteiger partial charge in [-0.2, -0.15) is 4.98 Å². The highest BCUT2D eigenvalue weighted by Crippen LogP contribution is 2.12. The van der Waals surface area contributed by atoms with Crippen molar-refractivity contribution in [2.75, 3.05) is 13.1 Å². The van der Waals surface area contributed by atoms with E-state index in [-0.39, 0.29) is 24.3 Å². The second-order valence-electron chi connectivity index (χ2n) is 5.35. The van der Waals surface area contributed by atoms with Gasteiger partial charge in [-0.3, -0.25) is 14.6 Å². The fraction of sp³-hybridized carbons (Fsp3) is 0.571. The second kappa shape index (κ2) is 13.7. The number of carbonyl (C=O) groups is 3. The Balaban J connectivity index is 0.00000129. The molecule has 0 aliphatic carbocycles. The van der Waals surface area contributed by atoms with E-state index in [0.717, 1.165) is 0 Å². The summed E-state index contributed by atoms with van der Waals surface area (Å²) in [6, 6.07) is -1.10. The normalized spacial score (nSPS) is 10.8. The van der Waals surface area contributed by atoms with Crippen molar-refractivity contribution in [2.45, 2.75) is 38.8 Å². The number of nitrogens with two attached hydrogens (primary N) is 4. The van der Waals surface area contributed by atoms with Gasteiger partial charge < -0.3 is 43.2 Å². The highest BCUT2D eigenvalue weighted by Gasteiger charge is 2.14. The van der Waals surface area contributed by atoms with Crippen LogP contribution in [0.25, 0.3) is 0 Å². The molecule has 14 heteroatoms. The Morgan fingerprint density at radius 3 is 2.43 bits per heavy atom. The number of primary amides is 1. The lowest BCUT2D eigenvalue weighted by Gasteiger charge is -2.05. The first-order chi connectivity index (χ1) is 13.1. The van der Waals surface area contributed by atoms with Crippen LogP contribution in [0.3, 0.4) is 0 Å². The Labute approximate surface area is 161 Å². The van der Waals surface area contributed by atoms with Crippen LogP contribution < -0.4 is 33.6 Å². The summed E-state index contributed by atoms with van der Waals surface area (Å²) in [5.41, 5.74) is 21.0. The van der Waals surface area contributed by atoms with Gasteiger partial charge in [0.25, 0.3) is 0 Å². The summed E-state index contributed by atoms with van der Waals surface area (Å²) in [5.74, 6) is -0.910. The number of guanidine groups is 1. The Morgan fingerprint density at radius 1 is 1.25 bits per heavy atom. The predicted molar refractivity (Wildman–Crippen MR) is 98.5 cm³/mol. The number of nitrogens with zero attached hydrogens (tertiary/aromatic N) is 3. The molecule has 1 unspecified atom stereocenters. The van der Waals surface area contributed by atoms with Crippen molar-refractivity contribution in [3.05, 3.63) is 11.7 Å². The summed E-state index contributed by atoms with van der Waals surface area (Å²) in [5, 5.41) is 16.6. The molecule has 0 bridgehead atoms. The molecular formula is C14H27N9O5. The molecule has 1 atom stereocenters. The van der Waals surface area contributed by atoms with Gasteiger partial charge in [-0.1, -0.05) is 12.1 Å². The topological polar surface area (TPSA) is 251 Å². The first kappa shape index (κ1) is 24.6. The van der Waals surface area contributed by atoms with Gasteiger partial charge in [-0.25, -0.2) is 4.79 Å². The Bertz CT molecular complexity index is 657. The van der Waals surface area contributed by atoms with E-state index >= 15 is 0 Å². The maximum Gasteiger partial charge on any atom is 0.323 e. The third-order valence-electron chi connectivity index (χ3n) is 2.93. The molecule has 3 amide bonds. The third-order valence-corrected chi connectivity index (χ3v) is 2.93. The maximum atomic E-state index is 11.3. The summed E-state index contributed by atoms with van der Waals surface area (Å²) in [6.07, 6.45) is 1.65. The van der Waals surface area contributed by atoms with E-state index in [9.17, 15) is 14.4 Å². The minimum absolute atomic E-state index is 0.0210. The molecule has 0 aromatic carbocycles. The number of carbonyl (C=O) groups excluding carboxylic acids is 2. The van der Waals surface area contributed by atoms with Crippen LogP contribution in [0.4, 0.5) is 4.79 Å². The van der Waals surface area contributed by atoms with Gasteiger partial charge >= 0.3 is 12.0 Å². The van der Waals surface area contributed by atoms with Crippen LogP contribution in [-0.2, 0) is 16.1 Å². The van der Waals surface area contributed by atoms with Crippen LogP contribution in [0.15, 0.2) is 9.52 Å². The van der Waals surface area contributed by atoms with Crippen molar-refractivity contribution in [1.82, 2.24) is 20.8 Å². The van der Waals surface area contributed by atoms with Crippen molar-refractivity contribution < 1.29 is 24.0 Å². The SMILES string of the molecule is CCC(N)=O.NC(N)=NCCCC(N)c1noc(CNC(=O)NCC(=O)O)n1. The van der Waals surface area contributed by atoms with E-state index in [1.54, 1.807) is 6.92 Å². The fourth-order valence-corrected chi connectivity index (χ4v) is 1.51. The van der Waals surface area contributed by atoms with Crippen molar-refractivity contribution >= 4 is 23.9 Å². The van der Waals surface area contributed by atoms with Crippen molar-refractivity contribution in [2.24, 2.45) is 27.9 Å². The number of nitrogens with one attached hydrogen (secondary N) is 2. The Hall–Kier alpha value is -3.42. The number of carboxylic acid groups (broad SMARTS) is 1. The summed E-state index contributed by atoms with van der Waals surface area (Å²) < 4.78 is 4.94. The summed E-state index contributed by atoms with van der Waals surface area (Å²) in [4.78, 5) is 39.0. The molecule has 0 fully saturated rings. The van der Waals surface area contributed by atoms with Crippen LogP contribution >= 0.6 is 0 Å². The molecule has 158 valence electrons. The molecule has 0 saturated heterocycles. The monoisotopic (exact) mass is 401 g/mol. The number of urea groups is 1. The van der Waals surface area contributed by atoms with Crippen LogP contribution in [0.5, 0.6) is 0 Å². The fourth-order valence-electron chi connectivity index (χ4n) is 1.51. The molecule has 1 rings (SSSR count). The van der Waals surface area contributed by atoms with Crippen LogP contribution in [0.1, 0.15) is 43.9 Å². The largest absolute Gasteiger partial charge is 0.480 e. The quantitative estimate of drug-likeness (QED) is 0.127. The number of hydrogen-bond donors (Lipinski definition) is 7. The number of amides is 3. The van der Waals surface area contributed by atoms with Crippen molar-refractivity contribution in [3.63, 3.8) is 0 Å². The average Bonchev–Trinajstić information content (AvgIpc) is 3.11. The average molecular weight is 401 g/mol. The minimum Gasteiger partial charge on any atom is -0.480 e. The van der Waals surface area contributed by atoms with E-state index in [4.69, 9.17) is 26.8 Å². The number of hydrogen-bond acceptors (Lipinski definition) is 8. The molecule has 0 aliphatic heterocycles. The standard InChI is InChI=1S/C11H20N8O4.C3H7NO/c12-6(2-1-3-15-10(13)14)9-18-7(23-19-9)4-16-11(22)17-5-8(20)21;1-2-3(4)5/h6H,1-5,12H2,(H,20,21)(H4,13,14,15)(H2,16,17,22);2H2,1H3,(H2,4,5). The zero-order valence-corrected chi connectivity index (χ0v) is 15.6. The summed E-state index contributed by atoms with van der Waals surface area (Å²) >= 11 is 0. The number of aromatic nitrogens is 2. The smallest absolute Gasteiger partial charge is 0.323 e. The molecule has 0 radical (unpaired) electrons. The number of aliphatic imine (C=N–C) groups is 1. The van der Waals surface area contributed by atoms with Gasteiger partial charge in [0.1, 0.15) is 6.54 Å². The minimum atomic E-state index is -1.15. The van der Waals surface area contributed by atoms with Crippen LogP contribution in [0, 0.1) is 0 Å². The van der Waals surface area contributed by atoms with E-state index < -0.39 is 24.6 Å². The zero-order valence-electron chi connectivity index (χ0n) is 15.6.